The highest BCUT2D eigenvalue weighted by Gasteiger charge is 2.13. The third-order valence-corrected chi connectivity index (χ3v) is 4.28. The monoisotopic (exact) mass is 313 g/mol. The number of aryl methyl sites for hydroxylation is 1. The number of nitrogen functional groups attached to an aromatic ring is 1. The Hall–Kier alpha value is -2.60. The molecule has 0 bridgehead atoms. The van der Waals surface area contributed by atoms with Gasteiger partial charge in [0.2, 0.25) is 0 Å². The highest BCUT2D eigenvalue weighted by atomic mass is 32.1. The van der Waals surface area contributed by atoms with Crippen molar-refractivity contribution >= 4 is 38.3 Å². The summed E-state index contributed by atoms with van der Waals surface area (Å²) < 4.78 is 6.12. The first-order valence-corrected chi connectivity index (χ1v) is 7.51. The molecule has 0 atom stereocenters. The summed E-state index contributed by atoms with van der Waals surface area (Å²) in [5, 5.41) is 3.36. The Bertz CT molecular complexity index is 858. The molecule has 0 aliphatic carbocycles. The van der Waals surface area contributed by atoms with E-state index in [1.54, 1.807) is 25.3 Å². The van der Waals surface area contributed by atoms with E-state index in [-0.39, 0.29) is 5.91 Å². The molecule has 3 aromatic rings. The summed E-state index contributed by atoms with van der Waals surface area (Å²) >= 11 is 1.44. The lowest BCUT2D eigenvalue weighted by Gasteiger charge is -2.07. The first-order chi connectivity index (χ1) is 10.6. The van der Waals surface area contributed by atoms with Crippen LogP contribution < -0.4 is 15.8 Å². The van der Waals surface area contributed by atoms with E-state index < -0.39 is 0 Å². The van der Waals surface area contributed by atoms with Gasteiger partial charge in [0.1, 0.15) is 5.75 Å². The predicted octanol–water partition coefficient (Wildman–Crippen LogP) is 3.45. The molecule has 0 aliphatic rings. The molecule has 1 heterocycles. The van der Waals surface area contributed by atoms with Crippen molar-refractivity contribution in [1.29, 1.82) is 0 Å². The molecule has 112 valence electrons. The van der Waals surface area contributed by atoms with Gasteiger partial charge in [0, 0.05) is 11.8 Å². The molecule has 0 aliphatic heterocycles. The number of nitrogens with zero attached hydrogens (tertiary/aromatic N) is 1. The Morgan fingerprint density at radius 3 is 2.82 bits per heavy atom. The molecule has 1 aromatic heterocycles. The van der Waals surface area contributed by atoms with Crippen molar-refractivity contribution < 1.29 is 9.53 Å². The minimum atomic E-state index is -0.281. The van der Waals surface area contributed by atoms with Crippen LogP contribution in [0.25, 0.3) is 10.2 Å². The van der Waals surface area contributed by atoms with Crippen LogP contribution >= 0.6 is 11.3 Å². The molecule has 6 heteroatoms. The number of hydrogen-bond acceptors (Lipinski definition) is 5. The van der Waals surface area contributed by atoms with Gasteiger partial charge in [0.25, 0.3) is 5.91 Å². The number of methoxy groups -OCH3 is 1. The van der Waals surface area contributed by atoms with Crippen LogP contribution in [0.5, 0.6) is 5.75 Å². The van der Waals surface area contributed by atoms with Gasteiger partial charge in [-0.2, -0.15) is 0 Å². The van der Waals surface area contributed by atoms with Gasteiger partial charge in [0.15, 0.2) is 5.13 Å². The number of carbonyl (C=O) groups excluding carboxylic acids is 1. The second-order valence-corrected chi connectivity index (χ2v) is 5.88. The van der Waals surface area contributed by atoms with Gasteiger partial charge >= 0.3 is 0 Å². The molecule has 1 amide bonds. The van der Waals surface area contributed by atoms with Crippen LogP contribution in [0.1, 0.15) is 15.9 Å². The number of hydrogen-bond donors (Lipinski definition) is 2. The van der Waals surface area contributed by atoms with Crippen LogP contribution in [0.3, 0.4) is 0 Å². The average molecular weight is 313 g/mol. The molecule has 2 aromatic carbocycles. The van der Waals surface area contributed by atoms with E-state index in [1.807, 2.05) is 25.1 Å². The SMILES string of the molecule is COc1ccc(C(=O)Nc2nc3c(C)cccc3s2)c(N)c1. The molecule has 0 saturated heterocycles. The van der Waals surface area contributed by atoms with E-state index in [4.69, 9.17) is 10.5 Å². The summed E-state index contributed by atoms with van der Waals surface area (Å²) in [6.07, 6.45) is 0. The van der Waals surface area contributed by atoms with Gasteiger partial charge in [-0.25, -0.2) is 4.98 Å². The average Bonchev–Trinajstić information content (AvgIpc) is 2.90. The summed E-state index contributed by atoms with van der Waals surface area (Å²) in [7, 11) is 1.55. The normalized spacial score (nSPS) is 10.6. The summed E-state index contributed by atoms with van der Waals surface area (Å²) in [5.41, 5.74) is 8.65. The van der Waals surface area contributed by atoms with Crippen molar-refractivity contribution in [2.45, 2.75) is 6.92 Å². The molecule has 0 saturated carbocycles. The van der Waals surface area contributed by atoms with Crippen molar-refractivity contribution in [3.63, 3.8) is 0 Å². The number of amides is 1. The highest BCUT2D eigenvalue weighted by molar-refractivity contribution is 7.22. The molecule has 0 radical (unpaired) electrons. The van der Waals surface area contributed by atoms with Gasteiger partial charge in [0.05, 0.1) is 22.9 Å². The number of aromatic nitrogens is 1. The zero-order valence-electron chi connectivity index (χ0n) is 12.2. The lowest BCUT2D eigenvalue weighted by molar-refractivity contribution is 0.102. The summed E-state index contributed by atoms with van der Waals surface area (Å²) in [6.45, 7) is 2.00. The van der Waals surface area contributed by atoms with E-state index in [2.05, 4.69) is 10.3 Å². The second-order valence-electron chi connectivity index (χ2n) is 4.85. The Balaban J connectivity index is 1.88. The van der Waals surface area contributed by atoms with Gasteiger partial charge in [-0.05, 0) is 30.7 Å². The first-order valence-electron chi connectivity index (χ1n) is 6.69. The number of ether oxygens (including phenoxy) is 1. The number of rotatable bonds is 3. The topological polar surface area (TPSA) is 77.2 Å². The summed E-state index contributed by atoms with van der Waals surface area (Å²) in [6, 6.07) is 10.9. The van der Waals surface area contributed by atoms with Crippen molar-refractivity contribution in [2.75, 3.05) is 18.2 Å². The van der Waals surface area contributed by atoms with Crippen LogP contribution in [0.2, 0.25) is 0 Å². The fourth-order valence-electron chi connectivity index (χ4n) is 2.18. The van der Waals surface area contributed by atoms with E-state index >= 15 is 0 Å². The first kappa shape index (κ1) is 14.3. The minimum absolute atomic E-state index is 0.281. The number of thiazole rings is 1. The lowest BCUT2D eigenvalue weighted by atomic mass is 10.1. The lowest BCUT2D eigenvalue weighted by Crippen LogP contribution is -2.13. The minimum Gasteiger partial charge on any atom is -0.497 e. The number of benzene rings is 2. The smallest absolute Gasteiger partial charge is 0.259 e. The summed E-state index contributed by atoms with van der Waals surface area (Å²) in [5.74, 6) is 0.335. The number of para-hydroxylation sites is 1. The molecular formula is C16H15N3O2S. The third-order valence-electron chi connectivity index (χ3n) is 3.34. The Labute approximate surface area is 131 Å². The fourth-order valence-corrected chi connectivity index (χ4v) is 3.12. The standard InChI is InChI=1S/C16H15N3O2S/c1-9-4-3-5-13-14(9)18-16(22-13)19-15(20)11-7-6-10(21-2)8-12(11)17/h3-8H,17H2,1-2H3,(H,18,19,20). The maximum absolute atomic E-state index is 12.3. The second kappa shape index (κ2) is 5.65. The Morgan fingerprint density at radius 2 is 2.14 bits per heavy atom. The fraction of sp³-hybridized carbons (Fsp3) is 0.125. The Kier molecular flexibility index (Phi) is 3.68. The van der Waals surface area contributed by atoms with Crippen LogP contribution in [0.15, 0.2) is 36.4 Å². The quantitative estimate of drug-likeness (QED) is 0.726. The summed E-state index contributed by atoms with van der Waals surface area (Å²) in [4.78, 5) is 16.8. The molecule has 0 fully saturated rings. The van der Waals surface area contributed by atoms with E-state index in [0.717, 1.165) is 15.8 Å². The molecule has 5 nitrogen and oxygen atoms in total. The molecule has 3 N–H and O–H groups in total. The third kappa shape index (κ3) is 2.60. The van der Waals surface area contributed by atoms with Gasteiger partial charge < -0.3 is 10.5 Å². The van der Waals surface area contributed by atoms with Crippen LogP contribution in [0.4, 0.5) is 10.8 Å². The molecule has 22 heavy (non-hydrogen) atoms. The number of anilines is 2. The zero-order chi connectivity index (χ0) is 15.7. The number of carbonyl (C=O) groups is 1. The maximum Gasteiger partial charge on any atom is 0.259 e. The van der Waals surface area contributed by atoms with Crippen molar-refractivity contribution in [3.05, 3.63) is 47.5 Å². The molecular weight excluding hydrogens is 298 g/mol. The van der Waals surface area contributed by atoms with Crippen LogP contribution in [-0.4, -0.2) is 18.0 Å². The van der Waals surface area contributed by atoms with Crippen molar-refractivity contribution in [1.82, 2.24) is 4.98 Å². The largest absolute Gasteiger partial charge is 0.497 e. The van der Waals surface area contributed by atoms with Gasteiger partial charge in [-0.1, -0.05) is 23.5 Å². The molecule has 0 spiro atoms. The zero-order valence-corrected chi connectivity index (χ0v) is 13.0. The van der Waals surface area contributed by atoms with E-state index in [9.17, 15) is 4.79 Å². The van der Waals surface area contributed by atoms with Gasteiger partial charge in [-0.3, -0.25) is 10.1 Å². The van der Waals surface area contributed by atoms with Crippen molar-refractivity contribution in [2.24, 2.45) is 0 Å². The number of nitrogens with two attached hydrogens (primary N) is 1. The van der Waals surface area contributed by atoms with Crippen molar-refractivity contribution in [3.8, 4) is 5.75 Å². The Morgan fingerprint density at radius 1 is 1.32 bits per heavy atom. The number of fused-ring (bicyclic) bond motifs is 1. The maximum atomic E-state index is 12.3. The number of nitrogens with one attached hydrogen (secondary N) is 1. The predicted molar refractivity (Wildman–Crippen MR) is 89.7 cm³/mol. The van der Waals surface area contributed by atoms with E-state index in [0.29, 0.717) is 22.1 Å². The van der Waals surface area contributed by atoms with Crippen LogP contribution in [0, 0.1) is 6.92 Å². The van der Waals surface area contributed by atoms with E-state index in [1.165, 1.54) is 11.3 Å². The highest BCUT2D eigenvalue weighted by Crippen LogP contribution is 2.29. The molecule has 3 rings (SSSR count). The van der Waals surface area contributed by atoms with Gasteiger partial charge in [-0.15, -0.1) is 0 Å². The molecule has 0 unspecified atom stereocenters. The van der Waals surface area contributed by atoms with Crippen LogP contribution in [-0.2, 0) is 0 Å².